The number of nitrogens with one attached hydrogen (secondary N) is 1. The summed E-state index contributed by atoms with van der Waals surface area (Å²) in [5, 5.41) is 0.706. The summed E-state index contributed by atoms with van der Waals surface area (Å²) in [5.41, 5.74) is 0.0384. The van der Waals surface area contributed by atoms with Crippen molar-refractivity contribution >= 4 is 27.1 Å². The highest BCUT2D eigenvalue weighted by molar-refractivity contribution is 8.15. The summed E-state index contributed by atoms with van der Waals surface area (Å²) < 4.78 is 33.3. The molecule has 20 heavy (non-hydrogen) atoms. The smallest absolute Gasteiger partial charge is 0.277 e. The van der Waals surface area contributed by atoms with Crippen molar-refractivity contribution in [2.45, 2.75) is 17.7 Å². The fourth-order valence-electron chi connectivity index (χ4n) is 1.94. The van der Waals surface area contributed by atoms with E-state index in [4.69, 9.17) is 4.55 Å². The predicted octanol–water partition coefficient (Wildman–Crippen LogP) is 1.89. The number of aliphatic imine (C=N–C) groups is 1. The van der Waals surface area contributed by atoms with E-state index in [1.165, 1.54) is 17.8 Å². The van der Waals surface area contributed by atoms with Crippen LogP contribution in [0.15, 0.2) is 48.0 Å². The van der Waals surface area contributed by atoms with E-state index >= 15 is 0 Å². The highest BCUT2D eigenvalue weighted by atomic mass is 32.2. The molecule has 7 heteroatoms. The first-order valence-electron chi connectivity index (χ1n) is 6.00. The Labute approximate surface area is 123 Å². The Morgan fingerprint density at radius 2 is 2.15 bits per heavy atom. The van der Waals surface area contributed by atoms with E-state index in [2.05, 4.69) is 16.3 Å². The SMILES string of the molecule is C=CC(C)(NS(=O)(=O)O)[C@H]1CN=C(c2ccccc2)S1. The van der Waals surface area contributed by atoms with Crippen LogP contribution >= 0.6 is 11.8 Å². The molecule has 1 heterocycles. The van der Waals surface area contributed by atoms with Gasteiger partial charge >= 0.3 is 10.3 Å². The summed E-state index contributed by atoms with van der Waals surface area (Å²) in [7, 11) is -4.30. The molecular formula is C13H16N2O3S2. The molecular weight excluding hydrogens is 296 g/mol. The van der Waals surface area contributed by atoms with Crippen molar-refractivity contribution in [3.8, 4) is 0 Å². The highest BCUT2D eigenvalue weighted by Gasteiger charge is 2.38. The van der Waals surface area contributed by atoms with Crippen molar-refractivity contribution in [1.82, 2.24) is 4.72 Å². The average molecular weight is 312 g/mol. The van der Waals surface area contributed by atoms with Crippen LogP contribution in [-0.2, 0) is 10.3 Å². The largest absolute Gasteiger partial charge is 0.334 e. The Hall–Kier alpha value is -1.15. The highest BCUT2D eigenvalue weighted by Crippen LogP contribution is 2.33. The molecule has 1 aliphatic heterocycles. The number of rotatable bonds is 5. The van der Waals surface area contributed by atoms with Crippen molar-refractivity contribution in [2.75, 3.05) is 6.54 Å². The molecule has 5 nitrogen and oxygen atoms in total. The normalized spacial score (nSPS) is 22.1. The van der Waals surface area contributed by atoms with Gasteiger partial charge in [0.1, 0.15) is 0 Å². The van der Waals surface area contributed by atoms with Crippen LogP contribution in [0.2, 0.25) is 0 Å². The minimum Gasteiger partial charge on any atom is -0.277 e. The minimum absolute atomic E-state index is 0.155. The van der Waals surface area contributed by atoms with Crippen molar-refractivity contribution in [3.05, 3.63) is 48.6 Å². The number of hydrogen-bond acceptors (Lipinski definition) is 4. The third kappa shape index (κ3) is 3.49. The number of benzene rings is 1. The van der Waals surface area contributed by atoms with E-state index in [9.17, 15) is 8.42 Å². The van der Waals surface area contributed by atoms with E-state index < -0.39 is 15.8 Å². The van der Waals surface area contributed by atoms with Gasteiger partial charge in [-0.3, -0.25) is 9.55 Å². The first-order chi connectivity index (χ1) is 9.34. The molecule has 0 aliphatic carbocycles. The first-order valence-corrected chi connectivity index (χ1v) is 8.32. The van der Waals surface area contributed by atoms with Gasteiger partial charge in [-0.25, -0.2) is 0 Å². The zero-order valence-corrected chi connectivity index (χ0v) is 12.6. The van der Waals surface area contributed by atoms with E-state index in [1.54, 1.807) is 6.92 Å². The predicted molar refractivity (Wildman–Crippen MR) is 82.5 cm³/mol. The lowest BCUT2D eigenvalue weighted by atomic mass is 9.99. The van der Waals surface area contributed by atoms with Crippen LogP contribution in [0.3, 0.4) is 0 Å². The van der Waals surface area contributed by atoms with Gasteiger partial charge in [0.15, 0.2) is 0 Å². The zero-order chi connectivity index (χ0) is 14.8. The maximum absolute atomic E-state index is 11.1. The summed E-state index contributed by atoms with van der Waals surface area (Å²) in [6.45, 7) is 5.79. The molecule has 108 valence electrons. The molecule has 2 rings (SSSR count). The monoisotopic (exact) mass is 312 g/mol. The molecule has 0 saturated carbocycles. The van der Waals surface area contributed by atoms with E-state index in [0.717, 1.165) is 10.6 Å². The molecule has 0 amide bonds. The summed E-state index contributed by atoms with van der Waals surface area (Å²) in [5.74, 6) is 0. The van der Waals surface area contributed by atoms with Gasteiger partial charge < -0.3 is 0 Å². The lowest BCUT2D eigenvalue weighted by Gasteiger charge is -2.30. The number of nitrogens with zero attached hydrogens (tertiary/aromatic N) is 1. The van der Waals surface area contributed by atoms with Gasteiger partial charge in [-0.1, -0.05) is 48.2 Å². The van der Waals surface area contributed by atoms with Gasteiger partial charge in [0.2, 0.25) is 0 Å². The van der Waals surface area contributed by atoms with E-state index in [0.29, 0.717) is 6.54 Å². The van der Waals surface area contributed by atoms with Gasteiger partial charge in [0, 0.05) is 5.56 Å². The van der Waals surface area contributed by atoms with Crippen LogP contribution in [0.25, 0.3) is 0 Å². The van der Waals surface area contributed by atoms with Crippen LogP contribution in [0.5, 0.6) is 0 Å². The lowest BCUT2D eigenvalue weighted by Crippen LogP contribution is -2.51. The Kier molecular flexibility index (Phi) is 4.33. The molecule has 0 saturated heterocycles. The maximum atomic E-state index is 11.1. The number of hydrogen-bond donors (Lipinski definition) is 2. The molecule has 0 bridgehead atoms. The molecule has 1 aromatic carbocycles. The third-order valence-corrected chi connectivity index (χ3v) is 5.33. The summed E-state index contributed by atoms with van der Waals surface area (Å²) in [6, 6.07) is 9.68. The Bertz CT molecular complexity index is 628. The standard InChI is InChI=1S/C13H16N2O3S2/c1-3-13(2,15-20(16,17)18)11-9-14-12(19-11)10-7-5-4-6-8-10/h3-8,11,15H,1,9H2,2H3,(H,16,17,18)/t11-,13?/m1/s1. The summed E-state index contributed by atoms with van der Waals surface area (Å²) in [4.78, 5) is 4.45. The molecule has 0 fully saturated rings. The van der Waals surface area contributed by atoms with Crippen LogP contribution in [0, 0.1) is 0 Å². The molecule has 2 atom stereocenters. The van der Waals surface area contributed by atoms with Crippen LogP contribution in [0.1, 0.15) is 12.5 Å². The molecule has 0 aromatic heterocycles. The van der Waals surface area contributed by atoms with Gasteiger partial charge in [-0.2, -0.15) is 13.1 Å². The lowest BCUT2D eigenvalue weighted by molar-refractivity contribution is 0.424. The van der Waals surface area contributed by atoms with Crippen LogP contribution in [-0.4, -0.2) is 35.3 Å². The topological polar surface area (TPSA) is 78.8 Å². The second kappa shape index (κ2) is 5.69. The Morgan fingerprint density at radius 3 is 2.70 bits per heavy atom. The van der Waals surface area contributed by atoms with Crippen LogP contribution in [0.4, 0.5) is 0 Å². The fraction of sp³-hybridized carbons (Fsp3) is 0.308. The Balaban J connectivity index is 2.16. The molecule has 0 spiro atoms. The third-order valence-electron chi connectivity index (χ3n) is 3.12. The van der Waals surface area contributed by atoms with Gasteiger partial charge in [0.25, 0.3) is 0 Å². The van der Waals surface area contributed by atoms with Gasteiger partial charge in [0.05, 0.1) is 22.4 Å². The first kappa shape index (κ1) is 15.2. The molecule has 2 N–H and O–H groups in total. The maximum Gasteiger partial charge on any atom is 0.334 e. The van der Waals surface area contributed by atoms with Gasteiger partial charge in [-0.05, 0) is 6.92 Å². The van der Waals surface area contributed by atoms with Crippen LogP contribution < -0.4 is 4.72 Å². The van der Waals surface area contributed by atoms with Gasteiger partial charge in [-0.15, -0.1) is 6.58 Å². The fourth-order valence-corrected chi connectivity index (χ4v) is 4.04. The quantitative estimate of drug-likeness (QED) is 0.643. The molecule has 1 aliphatic rings. The van der Waals surface area contributed by atoms with E-state index in [-0.39, 0.29) is 5.25 Å². The second-order valence-corrected chi connectivity index (χ2v) is 7.03. The van der Waals surface area contributed by atoms with Crippen molar-refractivity contribution in [3.63, 3.8) is 0 Å². The second-order valence-electron chi connectivity index (χ2n) is 4.68. The zero-order valence-electron chi connectivity index (χ0n) is 11.0. The number of thioether (sulfide) groups is 1. The molecule has 0 radical (unpaired) electrons. The average Bonchev–Trinajstić information content (AvgIpc) is 2.88. The van der Waals surface area contributed by atoms with Crippen molar-refractivity contribution in [2.24, 2.45) is 4.99 Å². The van der Waals surface area contributed by atoms with E-state index in [1.807, 2.05) is 30.3 Å². The minimum atomic E-state index is -4.30. The van der Waals surface area contributed by atoms with Crippen molar-refractivity contribution < 1.29 is 13.0 Å². The van der Waals surface area contributed by atoms with Crippen molar-refractivity contribution in [1.29, 1.82) is 0 Å². The molecule has 1 aromatic rings. The summed E-state index contributed by atoms with van der Waals surface area (Å²) in [6.07, 6.45) is 1.49. The summed E-state index contributed by atoms with van der Waals surface area (Å²) >= 11 is 1.48. The molecule has 1 unspecified atom stereocenters. The Morgan fingerprint density at radius 1 is 1.50 bits per heavy atom.